The quantitative estimate of drug-likeness (QED) is 0.0724. The van der Waals surface area contributed by atoms with Crippen molar-refractivity contribution in [1.29, 1.82) is 5.26 Å². The Balaban J connectivity index is 0.000000280. The molecule has 2 aromatic heterocycles. The predicted octanol–water partition coefficient (Wildman–Crippen LogP) is 8.66. The first kappa shape index (κ1) is 42.6. The van der Waals surface area contributed by atoms with E-state index in [-0.39, 0.29) is 72.3 Å². The fraction of sp³-hybridized carbons (Fsp3) is 0.562. The number of ether oxygens (including phenoxy) is 4. The van der Waals surface area contributed by atoms with E-state index in [0.717, 1.165) is 4.90 Å². The first-order chi connectivity index (χ1) is 24.7. The molecule has 10 atom stereocenters. The van der Waals surface area contributed by atoms with Gasteiger partial charge in [0, 0.05) is 63.6 Å². The molecule has 0 bridgehead atoms. The van der Waals surface area contributed by atoms with Crippen LogP contribution in [0.3, 0.4) is 0 Å². The molecule has 16 nitrogen and oxygen atoms in total. The number of aromatic nitrogens is 2. The van der Waals surface area contributed by atoms with E-state index in [0.29, 0.717) is 20.1 Å². The number of carbonyl (C=O) groups is 2. The van der Waals surface area contributed by atoms with Crippen LogP contribution in [0, 0.1) is 41.6 Å². The molecule has 0 aromatic carbocycles. The molecule has 0 saturated carbocycles. The number of nitriles is 1. The van der Waals surface area contributed by atoms with Crippen molar-refractivity contribution in [3.63, 3.8) is 0 Å². The summed E-state index contributed by atoms with van der Waals surface area (Å²) in [5, 5.41) is 17.2. The van der Waals surface area contributed by atoms with Crippen molar-refractivity contribution in [1.82, 2.24) is 9.97 Å². The van der Waals surface area contributed by atoms with Crippen molar-refractivity contribution >= 4 is 68.8 Å². The molecule has 4 unspecified atom stereocenters. The highest BCUT2D eigenvalue weighted by Crippen LogP contribution is 2.43. The van der Waals surface area contributed by atoms with Crippen LogP contribution in [0.2, 0.25) is 5.02 Å². The Hall–Kier alpha value is -3.77. The summed E-state index contributed by atoms with van der Waals surface area (Å²) in [7, 11) is 0. The molecule has 0 amide bonds. The van der Waals surface area contributed by atoms with Gasteiger partial charge in [0.1, 0.15) is 36.4 Å². The average molecular weight is 836 g/mol. The molecule has 276 valence electrons. The zero-order valence-electron chi connectivity index (χ0n) is 29.0. The number of esters is 2. The van der Waals surface area contributed by atoms with E-state index in [2.05, 4.69) is 50.8 Å². The molecule has 0 radical (unpaired) electrons. The van der Waals surface area contributed by atoms with Crippen molar-refractivity contribution < 1.29 is 28.5 Å². The minimum atomic E-state index is -0.424. The summed E-state index contributed by atoms with van der Waals surface area (Å²) < 4.78 is 23.0. The first-order valence-electron chi connectivity index (χ1n) is 15.8. The van der Waals surface area contributed by atoms with Gasteiger partial charge in [0.15, 0.2) is 5.69 Å². The van der Waals surface area contributed by atoms with E-state index in [1.807, 2.05) is 33.8 Å². The van der Waals surface area contributed by atoms with E-state index >= 15 is 0 Å². The van der Waals surface area contributed by atoms with E-state index < -0.39 is 17.5 Å². The van der Waals surface area contributed by atoms with Gasteiger partial charge in [-0.1, -0.05) is 67.9 Å². The second kappa shape index (κ2) is 20.5. The summed E-state index contributed by atoms with van der Waals surface area (Å²) in [5.41, 5.74) is 17.4. The molecule has 0 aliphatic carbocycles. The second-order valence-corrected chi connectivity index (χ2v) is 15.6. The lowest BCUT2D eigenvalue weighted by atomic mass is 9.85. The SMILES string of the molecule is CC(=O)OCC1O[C@H](Sc2cnc(C#N)c(Br)c2)C(C)[C@@H](N=[N+]=[N-])[C@H]1C.[C-]#[N+]c1ncc(Cl)cc1S[C@H]1OC(COC(C)=O)[C@H](C)[C@H](N=[N+]=[N-])C1C. The Labute approximate surface area is 322 Å². The summed E-state index contributed by atoms with van der Waals surface area (Å²) in [6.07, 6.45) is 2.22. The number of rotatable bonds is 10. The third kappa shape index (κ3) is 11.6. The fourth-order valence-electron chi connectivity index (χ4n) is 5.56. The van der Waals surface area contributed by atoms with Crippen molar-refractivity contribution in [2.45, 2.75) is 86.5 Å². The van der Waals surface area contributed by atoms with Crippen LogP contribution in [0.15, 0.2) is 49.0 Å². The van der Waals surface area contributed by atoms with Gasteiger partial charge in [-0.2, -0.15) is 5.26 Å². The molecule has 52 heavy (non-hydrogen) atoms. The van der Waals surface area contributed by atoms with Crippen LogP contribution in [0.4, 0.5) is 5.82 Å². The molecule has 0 spiro atoms. The average Bonchev–Trinajstić information content (AvgIpc) is 3.10. The molecule has 20 heteroatoms. The molecule has 2 aromatic rings. The van der Waals surface area contributed by atoms with Crippen molar-refractivity contribution in [3.05, 3.63) is 72.0 Å². The maximum Gasteiger partial charge on any atom is 0.302 e. The number of azide groups is 2. The van der Waals surface area contributed by atoms with Gasteiger partial charge in [-0.25, -0.2) is 4.98 Å². The summed E-state index contributed by atoms with van der Waals surface area (Å²) in [6.45, 7) is 17.8. The summed E-state index contributed by atoms with van der Waals surface area (Å²) in [4.78, 5) is 41.1. The van der Waals surface area contributed by atoms with E-state index in [1.165, 1.54) is 43.6 Å². The lowest BCUT2D eigenvalue weighted by Gasteiger charge is -2.42. The maximum absolute atomic E-state index is 11.1. The summed E-state index contributed by atoms with van der Waals surface area (Å²) in [6, 6.07) is 4.83. The molecular formula is C32H36BrClN10O6S2. The monoisotopic (exact) mass is 834 g/mol. The van der Waals surface area contributed by atoms with Crippen LogP contribution < -0.4 is 0 Å². The van der Waals surface area contributed by atoms with Gasteiger partial charge in [0.2, 0.25) is 0 Å². The Kier molecular flexibility index (Phi) is 16.8. The molecule has 2 aliphatic rings. The molecule has 2 saturated heterocycles. The lowest BCUT2D eigenvalue weighted by molar-refractivity contribution is -0.153. The third-order valence-electron chi connectivity index (χ3n) is 8.40. The van der Waals surface area contributed by atoms with Gasteiger partial charge in [0.25, 0.3) is 5.82 Å². The topological polar surface area (TPSA) is 223 Å². The van der Waals surface area contributed by atoms with Crippen LogP contribution in [0.25, 0.3) is 25.7 Å². The third-order valence-corrected chi connectivity index (χ3v) is 11.8. The summed E-state index contributed by atoms with van der Waals surface area (Å²) in [5.74, 6) is -0.975. The second-order valence-electron chi connectivity index (χ2n) is 12.0. The molecule has 4 rings (SSSR count). The van der Waals surface area contributed by atoms with Crippen LogP contribution in [0.5, 0.6) is 0 Å². The number of nitrogens with zero attached hydrogens (tertiary/aromatic N) is 10. The highest BCUT2D eigenvalue weighted by Gasteiger charge is 2.43. The van der Waals surface area contributed by atoms with Gasteiger partial charge in [-0.15, -0.1) is 16.7 Å². The molecular weight excluding hydrogens is 800 g/mol. The van der Waals surface area contributed by atoms with Gasteiger partial charge in [-0.3, -0.25) is 9.59 Å². The molecule has 0 N–H and O–H groups in total. The highest BCUT2D eigenvalue weighted by molar-refractivity contribution is 9.10. The van der Waals surface area contributed by atoms with Gasteiger partial charge >= 0.3 is 11.9 Å². The normalized spacial score (nSPS) is 27.9. The summed E-state index contributed by atoms with van der Waals surface area (Å²) >= 11 is 12.1. The Morgan fingerprint density at radius 2 is 1.46 bits per heavy atom. The largest absolute Gasteiger partial charge is 0.463 e. The minimum Gasteiger partial charge on any atom is -0.463 e. The van der Waals surface area contributed by atoms with E-state index in [9.17, 15) is 9.59 Å². The molecule has 2 aliphatic heterocycles. The zero-order chi connectivity index (χ0) is 38.5. The highest BCUT2D eigenvalue weighted by atomic mass is 79.9. The van der Waals surface area contributed by atoms with Crippen LogP contribution in [-0.2, 0) is 28.5 Å². The first-order valence-corrected chi connectivity index (χ1v) is 18.7. The van der Waals surface area contributed by atoms with Crippen molar-refractivity contribution in [3.8, 4) is 6.07 Å². The number of hydrogen-bond donors (Lipinski definition) is 0. The number of halogens is 2. The molecule has 2 fully saturated rings. The van der Waals surface area contributed by atoms with Gasteiger partial charge in [-0.05, 0) is 51.0 Å². The van der Waals surface area contributed by atoms with Gasteiger partial charge < -0.3 is 23.8 Å². The number of carbonyl (C=O) groups excluding carboxylic acids is 2. The van der Waals surface area contributed by atoms with Crippen LogP contribution in [-0.4, -0.2) is 70.3 Å². The molecule has 4 heterocycles. The Morgan fingerprint density at radius 1 is 0.942 bits per heavy atom. The van der Waals surface area contributed by atoms with Crippen molar-refractivity contribution in [2.24, 2.45) is 33.9 Å². The minimum absolute atomic E-state index is 0.0612. The predicted molar refractivity (Wildman–Crippen MR) is 197 cm³/mol. The standard InChI is InChI=1S/C16H18BrN5O3S.C16H18ClN5O3S/c1-8-14(7-24-10(3)23)25-16(9(2)15(8)21-22-19)26-11-4-12(17)13(5-18)20-6-11;1-8-12(7-24-10(3)23)25-16(9(2)14(8)21-22-18)26-13-5-11(17)6-20-15(13)19-4/h4,6,8-9,14-16H,7H2,1-3H3;5-6,8-9,12,14,16H,7H2,1-3H3/t8-,9?,14?,15-,16+;8-,9?,12?,14-,16+/m00/s1. The van der Waals surface area contributed by atoms with E-state index in [4.69, 9.17) is 53.4 Å². The zero-order valence-corrected chi connectivity index (χ0v) is 33.0. The number of pyridine rings is 2. The Morgan fingerprint density at radius 3 is 1.90 bits per heavy atom. The number of hydrogen-bond acceptors (Lipinski definition) is 13. The van der Waals surface area contributed by atoms with Crippen LogP contribution in [0.1, 0.15) is 47.2 Å². The fourth-order valence-corrected chi connectivity index (χ4v) is 8.74. The lowest BCUT2D eigenvalue weighted by Crippen LogP contribution is -2.48. The van der Waals surface area contributed by atoms with E-state index in [1.54, 1.807) is 18.3 Å². The van der Waals surface area contributed by atoms with Crippen LogP contribution >= 0.6 is 51.1 Å². The Bertz CT molecular complexity index is 1790. The van der Waals surface area contributed by atoms with Gasteiger partial charge in [0.05, 0.1) is 21.7 Å². The van der Waals surface area contributed by atoms with Crippen molar-refractivity contribution in [2.75, 3.05) is 13.2 Å². The maximum atomic E-state index is 11.1. The smallest absolute Gasteiger partial charge is 0.302 e. The number of thioether (sulfide) groups is 2.